The van der Waals surface area contributed by atoms with Crippen molar-refractivity contribution in [2.75, 3.05) is 0 Å². The first-order chi connectivity index (χ1) is 19.2. The molecule has 0 atom stereocenters. The van der Waals surface area contributed by atoms with Gasteiger partial charge in [-0.2, -0.15) is 5.26 Å². The topological polar surface area (TPSA) is 91.3 Å². The van der Waals surface area contributed by atoms with E-state index in [2.05, 4.69) is 25.0 Å². The van der Waals surface area contributed by atoms with Gasteiger partial charge in [0.05, 0.1) is 9.64 Å². The molecule has 0 radical (unpaired) electrons. The minimum absolute atomic E-state index is 0.158. The van der Waals surface area contributed by atoms with E-state index in [1.807, 2.05) is 78.0 Å². The molecular formula is C34H28INO4. The number of nitriles is 1. The highest BCUT2D eigenvalue weighted by Crippen LogP contribution is 2.28. The number of hydrogen-bond donors (Lipinski definition) is 1. The summed E-state index contributed by atoms with van der Waals surface area (Å²) in [5, 5.41) is 17.4. The predicted octanol–water partition coefficient (Wildman–Crippen LogP) is 8.54. The Labute approximate surface area is 248 Å². The van der Waals surface area contributed by atoms with Crippen LogP contribution in [-0.4, -0.2) is 17.7 Å². The third-order valence-electron chi connectivity index (χ3n) is 5.34. The second-order valence-corrected chi connectivity index (χ2v) is 9.62. The van der Waals surface area contributed by atoms with E-state index in [9.17, 15) is 9.59 Å². The monoisotopic (exact) mass is 641 g/mol. The quantitative estimate of drug-likeness (QED) is 0.121. The van der Waals surface area contributed by atoms with Crippen molar-refractivity contribution >= 4 is 46.1 Å². The Hall–Kier alpha value is -4.66. The SMILES string of the molecule is C#Cc1ccc(C)cc1.CC#N.Cc1ccc(-c2cc3ccc(C=O)cc3o2)cc1.O=Cc1ccc(I)c(O)c1. The largest absolute Gasteiger partial charge is 0.507 e. The maximum absolute atomic E-state index is 10.7. The molecule has 5 nitrogen and oxygen atoms in total. The summed E-state index contributed by atoms with van der Waals surface area (Å²) in [5.41, 5.74) is 6.33. The van der Waals surface area contributed by atoms with Gasteiger partial charge < -0.3 is 9.52 Å². The number of halogens is 1. The zero-order chi connectivity index (χ0) is 29.5. The number of phenolic OH excluding ortho intramolecular Hbond substituents is 1. The molecule has 5 aromatic rings. The summed E-state index contributed by atoms with van der Waals surface area (Å²) in [5.74, 6) is 3.54. The van der Waals surface area contributed by atoms with Crippen LogP contribution in [0.25, 0.3) is 22.3 Å². The van der Waals surface area contributed by atoms with Gasteiger partial charge in [0, 0.05) is 34.6 Å². The van der Waals surface area contributed by atoms with Crippen LogP contribution in [0.15, 0.2) is 95.4 Å². The van der Waals surface area contributed by atoms with Crippen LogP contribution in [0.5, 0.6) is 5.75 Å². The van der Waals surface area contributed by atoms with E-state index < -0.39 is 0 Å². The van der Waals surface area contributed by atoms with Gasteiger partial charge in [-0.05, 0) is 72.8 Å². The van der Waals surface area contributed by atoms with Gasteiger partial charge in [0.25, 0.3) is 0 Å². The summed E-state index contributed by atoms with van der Waals surface area (Å²) in [6, 6.07) is 30.1. The van der Waals surface area contributed by atoms with Crippen molar-refractivity contribution in [3.63, 3.8) is 0 Å². The Morgan fingerprint density at radius 2 is 1.35 bits per heavy atom. The summed E-state index contributed by atoms with van der Waals surface area (Å²) in [4.78, 5) is 20.9. The van der Waals surface area contributed by atoms with Gasteiger partial charge in [-0.25, -0.2) is 0 Å². The van der Waals surface area contributed by atoms with Crippen molar-refractivity contribution in [1.82, 2.24) is 0 Å². The molecule has 0 unspecified atom stereocenters. The lowest BCUT2D eigenvalue weighted by molar-refractivity contribution is 0.111. The zero-order valence-electron chi connectivity index (χ0n) is 22.4. The number of terminal acetylenes is 1. The minimum atomic E-state index is 0.158. The number of aryl methyl sites for hydroxylation is 2. The van der Waals surface area contributed by atoms with Crippen molar-refractivity contribution in [2.45, 2.75) is 20.8 Å². The number of hydrogen-bond acceptors (Lipinski definition) is 5. The van der Waals surface area contributed by atoms with Crippen LogP contribution in [0.1, 0.15) is 44.3 Å². The van der Waals surface area contributed by atoms with Gasteiger partial charge in [-0.3, -0.25) is 9.59 Å². The molecular weight excluding hydrogens is 613 g/mol. The molecule has 1 N–H and O–H groups in total. The smallest absolute Gasteiger partial charge is 0.150 e. The molecule has 0 spiro atoms. The molecule has 5 rings (SSSR count). The molecule has 1 aromatic heterocycles. The number of aromatic hydroxyl groups is 1. The number of rotatable bonds is 3. The first kappa shape index (κ1) is 31.6. The van der Waals surface area contributed by atoms with Gasteiger partial charge in [0.15, 0.2) is 0 Å². The first-order valence-corrected chi connectivity index (χ1v) is 13.2. The molecule has 0 saturated heterocycles. The summed E-state index contributed by atoms with van der Waals surface area (Å²) < 4.78 is 6.53. The number of benzene rings is 4. The molecule has 0 aliphatic carbocycles. The zero-order valence-corrected chi connectivity index (χ0v) is 24.5. The molecule has 0 aliphatic rings. The van der Waals surface area contributed by atoms with Crippen molar-refractivity contribution < 1.29 is 19.1 Å². The number of carbonyl (C=O) groups excluding carboxylic acids is 2. The Balaban J connectivity index is 0.000000217. The maximum atomic E-state index is 10.7. The highest BCUT2D eigenvalue weighted by Gasteiger charge is 2.06. The maximum Gasteiger partial charge on any atom is 0.150 e. The van der Waals surface area contributed by atoms with Crippen LogP contribution in [0.2, 0.25) is 0 Å². The highest BCUT2D eigenvalue weighted by atomic mass is 127. The summed E-state index contributed by atoms with van der Waals surface area (Å²) in [6.45, 7) is 5.53. The number of carbonyl (C=O) groups is 2. The molecule has 0 amide bonds. The molecule has 200 valence electrons. The number of aldehydes is 2. The molecule has 0 saturated carbocycles. The van der Waals surface area contributed by atoms with Gasteiger partial charge >= 0.3 is 0 Å². The fraction of sp³-hybridized carbons (Fsp3) is 0.0882. The van der Waals surface area contributed by atoms with Crippen LogP contribution >= 0.6 is 22.6 Å². The average Bonchev–Trinajstić information content (AvgIpc) is 3.40. The van der Waals surface area contributed by atoms with E-state index in [0.717, 1.165) is 37.7 Å². The Kier molecular flexibility index (Phi) is 12.9. The number of fused-ring (bicyclic) bond motifs is 1. The van der Waals surface area contributed by atoms with E-state index in [4.69, 9.17) is 21.2 Å². The van der Waals surface area contributed by atoms with Crippen molar-refractivity contribution in [3.8, 4) is 35.5 Å². The second-order valence-electron chi connectivity index (χ2n) is 8.45. The Morgan fingerprint density at radius 1 is 0.825 bits per heavy atom. The Morgan fingerprint density at radius 3 is 1.88 bits per heavy atom. The normalized spacial score (nSPS) is 9.25. The molecule has 4 aromatic carbocycles. The minimum Gasteiger partial charge on any atom is -0.507 e. The fourth-order valence-electron chi connectivity index (χ4n) is 3.23. The molecule has 1 heterocycles. The molecule has 0 fully saturated rings. The fourth-order valence-corrected chi connectivity index (χ4v) is 3.57. The van der Waals surface area contributed by atoms with Crippen molar-refractivity contribution in [1.29, 1.82) is 5.26 Å². The van der Waals surface area contributed by atoms with Crippen molar-refractivity contribution in [3.05, 3.63) is 122 Å². The lowest BCUT2D eigenvalue weighted by Crippen LogP contribution is -1.79. The van der Waals surface area contributed by atoms with E-state index >= 15 is 0 Å². The van der Waals surface area contributed by atoms with E-state index in [-0.39, 0.29) is 5.75 Å². The summed E-state index contributed by atoms with van der Waals surface area (Å²) in [7, 11) is 0. The Bertz CT molecular complexity index is 1640. The molecule has 6 heteroatoms. The predicted molar refractivity (Wildman–Crippen MR) is 168 cm³/mol. The standard InChI is InChI=1S/C16H12O2.C9H8.C7H5IO2.C2H3N/c1-11-2-5-13(6-3-11)16-9-14-7-4-12(10-17)8-15(14)18-16;1-3-9-6-4-8(2)5-7-9;8-6-2-1-5(4-9)3-7(6)10;1-2-3/h2-10H,1H3;1,4-7H,2H3;1-4,10H;1H3. The van der Waals surface area contributed by atoms with E-state index in [0.29, 0.717) is 17.4 Å². The lowest BCUT2D eigenvalue weighted by atomic mass is 10.1. The van der Waals surface area contributed by atoms with Crippen LogP contribution in [0, 0.1) is 41.1 Å². The van der Waals surface area contributed by atoms with Crippen LogP contribution < -0.4 is 0 Å². The highest BCUT2D eigenvalue weighted by molar-refractivity contribution is 14.1. The summed E-state index contributed by atoms with van der Waals surface area (Å²) in [6.07, 6.45) is 6.68. The number of phenols is 1. The number of nitrogens with zero attached hydrogens (tertiary/aromatic N) is 1. The van der Waals surface area contributed by atoms with Gasteiger partial charge in [0.1, 0.15) is 29.7 Å². The number of furan rings is 1. The van der Waals surface area contributed by atoms with Crippen LogP contribution in [-0.2, 0) is 0 Å². The van der Waals surface area contributed by atoms with Crippen molar-refractivity contribution in [2.24, 2.45) is 0 Å². The lowest BCUT2D eigenvalue weighted by Gasteiger charge is -1.96. The third-order valence-corrected chi connectivity index (χ3v) is 6.25. The van der Waals surface area contributed by atoms with Crippen LogP contribution in [0.3, 0.4) is 0 Å². The third kappa shape index (κ3) is 9.90. The van der Waals surface area contributed by atoms with Crippen LogP contribution in [0.4, 0.5) is 0 Å². The molecule has 0 aliphatic heterocycles. The van der Waals surface area contributed by atoms with Gasteiger partial charge in [-0.15, -0.1) is 6.42 Å². The first-order valence-electron chi connectivity index (χ1n) is 12.1. The van der Waals surface area contributed by atoms with E-state index in [1.165, 1.54) is 24.1 Å². The summed E-state index contributed by atoms with van der Waals surface area (Å²) >= 11 is 1.99. The average molecular weight is 642 g/mol. The molecule has 40 heavy (non-hydrogen) atoms. The van der Waals surface area contributed by atoms with Gasteiger partial charge in [0.2, 0.25) is 0 Å². The van der Waals surface area contributed by atoms with Gasteiger partial charge in [-0.1, -0.05) is 71.6 Å². The van der Waals surface area contributed by atoms with E-state index in [1.54, 1.807) is 30.3 Å². The molecule has 0 bridgehead atoms. The second kappa shape index (κ2) is 16.3.